The zero-order valence-corrected chi connectivity index (χ0v) is 19.4. The van der Waals surface area contributed by atoms with Gasteiger partial charge in [-0.3, -0.25) is 0 Å². The molecule has 182 valence electrons. The molecule has 2 heterocycles. The van der Waals surface area contributed by atoms with Gasteiger partial charge in [0.2, 0.25) is 5.95 Å². The van der Waals surface area contributed by atoms with E-state index >= 15 is 0 Å². The lowest BCUT2D eigenvalue weighted by molar-refractivity contribution is -0.141. The van der Waals surface area contributed by atoms with Crippen LogP contribution in [0.25, 0.3) is 10.4 Å². The Morgan fingerprint density at radius 1 is 1.00 bits per heavy atom. The molecular weight excluding hydrogens is 481 g/mol. The van der Waals surface area contributed by atoms with Crippen LogP contribution in [0.15, 0.2) is 60.9 Å². The highest BCUT2D eigenvalue weighted by Crippen LogP contribution is 2.37. The molecule has 1 atom stereocenters. The van der Waals surface area contributed by atoms with Crippen LogP contribution in [0.5, 0.6) is 0 Å². The van der Waals surface area contributed by atoms with Gasteiger partial charge in [-0.1, -0.05) is 30.3 Å². The Labute approximate surface area is 202 Å². The van der Waals surface area contributed by atoms with Gasteiger partial charge in [0.25, 0.3) is 0 Å². The number of halogens is 3. The van der Waals surface area contributed by atoms with Crippen LogP contribution in [0.3, 0.4) is 0 Å². The van der Waals surface area contributed by atoms with Gasteiger partial charge in [-0.05, 0) is 48.7 Å². The summed E-state index contributed by atoms with van der Waals surface area (Å²) in [6.45, 7) is 3.44. The lowest BCUT2D eigenvalue weighted by Gasteiger charge is -2.21. The number of anilines is 2. The number of nitrogens with one attached hydrogen (secondary N) is 1. The predicted molar refractivity (Wildman–Crippen MR) is 125 cm³/mol. The molecule has 2 aromatic carbocycles. The molecule has 0 saturated heterocycles. The second-order valence-corrected chi connectivity index (χ2v) is 9.10. The van der Waals surface area contributed by atoms with E-state index in [0.29, 0.717) is 21.8 Å². The zero-order chi connectivity index (χ0) is 25.4. The van der Waals surface area contributed by atoms with Crippen LogP contribution in [-0.2, 0) is 11.8 Å². The fourth-order valence-corrected chi connectivity index (χ4v) is 4.41. The number of hydrogen-bond donors (Lipinski definition) is 4. The van der Waals surface area contributed by atoms with Crippen molar-refractivity contribution in [3.63, 3.8) is 0 Å². The molecular formula is C24H21F3N4O3S. The average molecular weight is 503 g/mol. The van der Waals surface area contributed by atoms with Crippen LogP contribution >= 0.6 is 11.3 Å². The van der Waals surface area contributed by atoms with Gasteiger partial charge in [-0.2, -0.15) is 13.2 Å². The Morgan fingerprint density at radius 2 is 1.71 bits per heavy atom. The number of thiazole rings is 1. The lowest BCUT2D eigenvalue weighted by Crippen LogP contribution is -2.22. The van der Waals surface area contributed by atoms with Crippen LogP contribution in [0, 0.1) is 6.92 Å². The molecule has 4 aromatic rings. The van der Waals surface area contributed by atoms with Crippen LogP contribution < -0.4 is 5.32 Å². The quantitative estimate of drug-likeness (QED) is 0.277. The Bertz CT molecular complexity index is 1340. The van der Waals surface area contributed by atoms with Gasteiger partial charge < -0.3 is 20.6 Å². The first-order valence-electron chi connectivity index (χ1n) is 10.4. The summed E-state index contributed by atoms with van der Waals surface area (Å²) in [5, 5.41) is 32.9. The smallest absolute Gasteiger partial charge is 0.378 e. The van der Waals surface area contributed by atoms with Crippen molar-refractivity contribution in [3.05, 3.63) is 88.3 Å². The normalized spacial score (nSPS) is 13.6. The molecule has 0 saturated carbocycles. The fourth-order valence-electron chi connectivity index (χ4n) is 3.44. The van der Waals surface area contributed by atoms with Gasteiger partial charge in [-0.15, -0.1) is 11.3 Å². The van der Waals surface area contributed by atoms with Gasteiger partial charge in [0.05, 0.1) is 4.88 Å². The van der Waals surface area contributed by atoms with Crippen molar-refractivity contribution in [2.75, 3.05) is 5.32 Å². The van der Waals surface area contributed by atoms with Crippen LogP contribution in [0.1, 0.15) is 40.6 Å². The predicted octanol–water partition coefficient (Wildman–Crippen LogP) is 4.91. The molecule has 4 rings (SSSR count). The minimum absolute atomic E-state index is 0.180. The summed E-state index contributed by atoms with van der Waals surface area (Å²) in [6.07, 6.45) is -3.53. The molecule has 11 heteroatoms. The molecule has 0 bridgehead atoms. The second kappa shape index (κ2) is 9.34. The summed E-state index contributed by atoms with van der Waals surface area (Å²) < 4.78 is 38.9. The molecule has 35 heavy (non-hydrogen) atoms. The molecule has 0 radical (unpaired) electrons. The first kappa shape index (κ1) is 24.7. The molecule has 2 aromatic heterocycles. The minimum atomic E-state index is -4.58. The van der Waals surface area contributed by atoms with Crippen molar-refractivity contribution < 1.29 is 28.5 Å². The molecule has 0 aliphatic heterocycles. The summed E-state index contributed by atoms with van der Waals surface area (Å²) in [7, 11) is 0. The number of aryl methyl sites for hydroxylation is 1. The van der Waals surface area contributed by atoms with E-state index in [1.165, 1.54) is 23.5 Å². The van der Waals surface area contributed by atoms with E-state index in [1.54, 1.807) is 37.4 Å². The van der Waals surface area contributed by atoms with E-state index in [1.807, 2.05) is 13.0 Å². The molecule has 1 unspecified atom stereocenters. The van der Waals surface area contributed by atoms with Crippen molar-refractivity contribution in [3.8, 4) is 10.4 Å². The number of hydrogen-bond acceptors (Lipinski definition) is 8. The first-order chi connectivity index (χ1) is 16.4. The number of nitrogens with zero attached hydrogens (tertiary/aromatic N) is 3. The van der Waals surface area contributed by atoms with Crippen molar-refractivity contribution in [1.82, 2.24) is 15.0 Å². The molecule has 0 spiro atoms. The Morgan fingerprint density at radius 3 is 2.37 bits per heavy atom. The maximum absolute atomic E-state index is 13.0. The molecule has 0 aliphatic carbocycles. The average Bonchev–Trinajstić information content (AvgIpc) is 3.30. The van der Waals surface area contributed by atoms with E-state index < -0.39 is 23.8 Å². The SMILES string of the molecule is Cc1cc(Nc2nccc(C(F)(F)F)n2)cc(-c2cnc(C(C)(O)c3ccc(C(O)O)cc3)s2)c1. The highest BCUT2D eigenvalue weighted by Gasteiger charge is 2.33. The van der Waals surface area contributed by atoms with Gasteiger partial charge in [0.1, 0.15) is 16.3 Å². The van der Waals surface area contributed by atoms with E-state index in [0.717, 1.165) is 28.3 Å². The largest absolute Gasteiger partial charge is 0.433 e. The maximum atomic E-state index is 13.0. The molecule has 0 aliphatic rings. The summed E-state index contributed by atoms with van der Waals surface area (Å²) in [5.74, 6) is -0.180. The lowest BCUT2D eigenvalue weighted by atomic mass is 9.95. The van der Waals surface area contributed by atoms with Gasteiger partial charge >= 0.3 is 6.18 Å². The third kappa shape index (κ3) is 5.49. The molecule has 0 amide bonds. The van der Waals surface area contributed by atoms with Gasteiger partial charge in [0.15, 0.2) is 6.29 Å². The molecule has 0 fully saturated rings. The number of alkyl halides is 3. The van der Waals surface area contributed by atoms with Crippen molar-refractivity contribution in [2.24, 2.45) is 0 Å². The third-order valence-electron chi connectivity index (χ3n) is 5.26. The van der Waals surface area contributed by atoms with Gasteiger partial charge in [-0.25, -0.2) is 15.0 Å². The number of aliphatic hydroxyl groups excluding tert-OH is 1. The van der Waals surface area contributed by atoms with Crippen molar-refractivity contribution >= 4 is 23.0 Å². The van der Waals surface area contributed by atoms with E-state index in [4.69, 9.17) is 0 Å². The summed E-state index contributed by atoms with van der Waals surface area (Å²) in [4.78, 5) is 12.5. The Balaban J connectivity index is 1.61. The zero-order valence-electron chi connectivity index (χ0n) is 18.6. The fraction of sp³-hybridized carbons (Fsp3) is 0.208. The topological polar surface area (TPSA) is 111 Å². The van der Waals surface area contributed by atoms with Gasteiger partial charge in [0, 0.05) is 23.6 Å². The monoisotopic (exact) mass is 502 g/mol. The standard InChI is InChI=1S/C24H21F3N4O3S/c1-13-9-15(11-17(10-13)30-22-28-8-7-19(31-22)24(25,26)27)18-12-29-21(35-18)23(2,34)16-5-3-14(4-6-16)20(32)33/h3-12,20,32-34H,1-2H3,(H,28,30,31). The van der Waals surface area contributed by atoms with Crippen LogP contribution in [-0.4, -0.2) is 30.3 Å². The molecule has 4 N–H and O–H groups in total. The Hall–Kier alpha value is -3.38. The Kier molecular flexibility index (Phi) is 6.60. The summed E-state index contributed by atoms with van der Waals surface area (Å²) in [6, 6.07) is 12.4. The molecule has 7 nitrogen and oxygen atoms in total. The van der Waals surface area contributed by atoms with E-state index in [9.17, 15) is 28.5 Å². The minimum Gasteiger partial charge on any atom is -0.378 e. The summed E-state index contributed by atoms with van der Waals surface area (Å²) in [5.41, 5.74) is 0.441. The second-order valence-electron chi connectivity index (χ2n) is 8.07. The number of benzene rings is 2. The van der Waals surface area contributed by atoms with Crippen molar-refractivity contribution in [1.29, 1.82) is 0 Å². The van der Waals surface area contributed by atoms with Crippen LogP contribution in [0.4, 0.5) is 24.8 Å². The maximum Gasteiger partial charge on any atom is 0.433 e. The first-order valence-corrected chi connectivity index (χ1v) is 11.2. The van der Waals surface area contributed by atoms with E-state index in [-0.39, 0.29) is 5.95 Å². The number of aliphatic hydroxyl groups is 3. The third-order valence-corrected chi connectivity index (χ3v) is 6.51. The highest BCUT2D eigenvalue weighted by molar-refractivity contribution is 7.15. The van der Waals surface area contributed by atoms with Crippen molar-refractivity contribution in [2.45, 2.75) is 31.9 Å². The number of aromatic nitrogens is 3. The number of rotatable bonds is 6. The van der Waals surface area contributed by atoms with Crippen LogP contribution in [0.2, 0.25) is 0 Å². The highest BCUT2D eigenvalue weighted by atomic mass is 32.1. The summed E-state index contributed by atoms with van der Waals surface area (Å²) >= 11 is 1.26. The van der Waals surface area contributed by atoms with E-state index in [2.05, 4.69) is 20.3 Å².